The molecule has 13 aromatic rings. The lowest BCUT2D eigenvalue weighted by molar-refractivity contribution is 0.656. The molecule has 0 saturated heterocycles. The summed E-state index contributed by atoms with van der Waals surface area (Å²) in [6.07, 6.45) is 0. The summed E-state index contributed by atoms with van der Waals surface area (Å²) in [7, 11) is 0. The Morgan fingerprint density at radius 1 is 0.147 bits per heavy atom. The maximum Gasteiger partial charge on any atom is 0.139 e. The number of benzene rings is 11. The maximum atomic E-state index is 6.47. The largest absolute Gasteiger partial charge is 0.456 e. The topological polar surface area (TPSA) is 26.3 Å². The van der Waals surface area contributed by atoms with Gasteiger partial charge in [-0.25, -0.2) is 0 Å². The molecule has 0 unspecified atom stereocenters. The highest BCUT2D eigenvalue weighted by Crippen LogP contribution is 2.41. The lowest BCUT2D eigenvalue weighted by atomic mass is 9.92. The molecule has 0 saturated carbocycles. The van der Waals surface area contributed by atoms with E-state index in [-0.39, 0.29) is 0 Å². The van der Waals surface area contributed by atoms with Gasteiger partial charge in [0.05, 0.1) is 0 Å². The second-order valence-corrected chi connectivity index (χ2v) is 17.7. The zero-order chi connectivity index (χ0) is 45.0. The Balaban J connectivity index is 0.826. The molecule has 0 N–H and O–H groups in total. The van der Waals surface area contributed by atoms with Crippen molar-refractivity contribution in [3.63, 3.8) is 0 Å². The second kappa shape index (κ2) is 16.5. The van der Waals surface area contributed by atoms with E-state index in [9.17, 15) is 0 Å². The number of fused-ring (bicyclic) bond motifs is 6. The fraction of sp³-hybridized carbons (Fsp3) is 0. The van der Waals surface area contributed by atoms with Crippen molar-refractivity contribution in [2.24, 2.45) is 0 Å². The molecular weight excluding hydrogens is 825 g/mol. The van der Waals surface area contributed by atoms with Crippen molar-refractivity contribution in [1.82, 2.24) is 0 Å². The van der Waals surface area contributed by atoms with Crippen molar-refractivity contribution >= 4 is 43.9 Å². The van der Waals surface area contributed by atoms with Crippen LogP contribution in [-0.4, -0.2) is 0 Å². The molecule has 2 aromatic heterocycles. The minimum Gasteiger partial charge on any atom is -0.456 e. The van der Waals surface area contributed by atoms with Crippen LogP contribution in [-0.2, 0) is 0 Å². The first kappa shape index (κ1) is 39.4. The van der Waals surface area contributed by atoms with Crippen LogP contribution in [0.1, 0.15) is 0 Å². The van der Waals surface area contributed by atoms with E-state index in [1.54, 1.807) is 0 Å². The van der Waals surface area contributed by atoms with Crippen molar-refractivity contribution in [2.75, 3.05) is 0 Å². The molecule has 0 aliphatic heterocycles. The molecule has 68 heavy (non-hydrogen) atoms. The van der Waals surface area contributed by atoms with Crippen molar-refractivity contribution < 1.29 is 8.83 Å². The van der Waals surface area contributed by atoms with E-state index in [2.05, 4.69) is 249 Å². The summed E-state index contributed by atoms with van der Waals surface area (Å²) < 4.78 is 12.9. The second-order valence-electron chi connectivity index (χ2n) is 17.7. The van der Waals surface area contributed by atoms with E-state index in [1.807, 2.05) is 6.07 Å². The molecular formula is C66H42O2. The first-order chi connectivity index (χ1) is 33.6. The monoisotopic (exact) mass is 866 g/mol. The van der Waals surface area contributed by atoms with E-state index in [0.29, 0.717) is 0 Å². The Labute approximate surface area is 394 Å². The van der Waals surface area contributed by atoms with Crippen LogP contribution in [0.5, 0.6) is 0 Å². The molecule has 0 bridgehead atoms. The fourth-order valence-electron chi connectivity index (χ4n) is 9.89. The van der Waals surface area contributed by atoms with Crippen LogP contribution in [0.15, 0.2) is 264 Å². The lowest BCUT2D eigenvalue weighted by Crippen LogP contribution is -1.86. The van der Waals surface area contributed by atoms with Gasteiger partial charge in [-0.1, -0.05) is 182 Å². The molecule has 13 rings (SSSR count). The molecule has 318 valence electrons. The molecule has 0 radical (unpaired) electrons. The van der Waals surface area contributed by atoms with E-state index in [1.165, 1.54) is 66.8 Å². The quantitative estimate of drug-likeness (QED) is 0.152. The highest BCUT2D eigenvalue weighted by molar-refractivity contribution is 6.16. The van der Waals surface area contributed by atoms with E-state index < -0.39 is 0 Å². The molecule has 0 aliphatic carbocycles. The Morgan fingerprint density at radius 2 is 0.382 bits per heavy atom. The average molecular weight is 867 g/mol. The van der Waals surface area contributed by atoms with Crippen LogP contribution >= 0.6 is 0 Å². The lowest BCUT2D eigenvalue weighted by Gasteiger charge is -2.12. The van der Waals surface area contributed by atoms with Gasteiger partial charge in [-0.05, 0) is 156 Å². The van der Waals surface area contributed by atoms with E-state index in [4.69, 9.17) is 8.83 Å². The Morgan fingerprint density at radius 3 is 0.676 bits per heavy atom. The molecule has 2 heterocycles. The third kappa shape index (κ3) is 7.26. The average Bonchev–Trinajstić information content (AvgIpc) is 3.97. The van der Waals surface area contributed by atoms with Crippen LogP contribution < -0.4 is 0 Å². The standard InChI is InChI=1S/C66H42O2/c1-5-13-43(14-6-1)53-33-54(44-15-7-2-8-16-44)36-57(35-53)49-25-21-47(22-26-49)51-29-31-63-59(39-51)61-41-62-60-40-52(30-32-64(60)68-66(62)42-65(61)67-63)48-23-27-50(28-24-48)58-37-55(45-17-9-3-10-18-45)34-56(38-58)46-19-11-4-12-20-46/h1-42H. The molecule has 0 aliphatic rings. The van der Waals surface area contributed by atoms with E-state index >= 15 is 0 Å². The zero-order valence-electron chi connectivity index (χ0n) is 37.1. The number of hydrogen-bond acceptors (Lipinski definition) is 2. The molecule has 2 nitrogen and oxygen atoms in total. The fourth-order valence-corrected chi connectivity index (χ4v) is 9.89. The van der Waals surface area contributed by atoms with Crippen molar-refractivity contribution in [3.8, 4) is 89.0 Å². The van der Waals surface area contributed by atoms with Crippen molar-refractivity contribution in [1.29, 1.82) is 0 Å². The Kier molecular flexibility index (Phi) is 9.54. The number of hydrogen-bond donors (Lipinski definition) is 0. The minimum absolute atomic E-state index is 0.814. The summed E-state index contributed by atoms with van der Waals surface area (Å²) in [5.41, 5.74) is 22.3. The molecule has 0 amide bonds. The Hall–Kier alpha value is -8.98. The van der Waals surface area contributed by atoms with Gasteiger partial charge in [0.25, 0.3) is 0 Å². The van der Waals surface area contributed by atoms with Gasteiger partial charge in [-0.2, -0.15) is 0 Å². The van der Waals surface area contributed by atoms with Gasteiger partial charge in [-0.3, -0.25) is 0 Å². The van der Waals surface area contributed by atoms with Crippen LogP contribution in [0.3, 0.4) is 0 Å². The summed E-state index contributed by atoms with van der Waals surface area (Å²) >= 11 is 0. The summed E-state index contributed by atoms with van der Waals surface area (Å²) in [5.74, 6) is 0. The predicted molar refractivity (Wildman–Crippen MR) is 284 cm³/mol. The van der Waals surface area contributed by atoms with Gasteiger partial charge in [0, 0.05) is 27.6 Å². The minimum atomic E-state index is 0.814. The van der Waals surface area contributed by atoms with Crippen molar-refractivity contribution in [3.05, 3.63) is 255 Å². The van der Waals surface area contributed by atoms with Crippen LogP contribution in [0.4, 0.5) is 0 Å². The van der Waals surface area contributed by atoms with Crippen LogP contribution in [0.25, 0.3) is 133 Å². The summed E-state index contributed by atoms with van der Waals surface area (Å²) in [5, 5.41) is 4.31. The number of rotatable bonds is 8. The molecule has 0 fully saturated rings. The predicted octanol–water partition coefficient (Wildman–Crippen LogP) is 18.8. The third-order valence-corrected chi connectivity index (χ3v) is 13.5. The first-order valence-corrected chi connectivity index (χ1v) is 23.2. The van der Waals surface area contributed by atoms with Gasteiger partial charge < -0.3 is 8.83 Å². The molecule has 2 heteroatoms. The SMILES string of the molecule is c1ccc(-c2cc(-c3ccccc3)cc(-c3ccc(-c4ccc5oc6cc7oc8ccc(-c9ccc(-c%10cc(-c%11ccccc%11)cc(-c%11ccccc%11)c%10)cc9)cc8c7cc6c5c4)cc3)c2)cc1. The molecule has 0 spiro atoms. The highest BCUT2D eigenvalue weighted by Gasteiger charge is 2.16. The van der Waals surface area contributed by atoms with Gasteiger partial charge in [0.2, 0.25) is 0 Å². The highest BCUT2D eigenvalue weighted by atomic mass is 16.3. The number of furan rings is 2. The first-order valence-electron chi connectivity index (χ1n) is 23.2. The van der Waals surface area contributed by atoms with Crippen molar-refractivity contribution in [2.45, 2.75) is 0 Å². The van der Waals surface area contributed by atoms with Gasteiger partial charge in [0.1, 0.15) is 22.3 Å². The normalized spacial score (nSPS) is 11.5. The third-order valence-electron chi connectivity index (χ3n) is 13.5. The summed E-state index contributed by atoms with van der Waals surface area (Å²) in [4.78, 5) is 0. The van der Waals surface area contributed by atoms with Gasteiger partial charge >= 0.3 is 0 Å². The molecule has 11 aromatic carbocycles. The summed E-state index contributed by atoms with van der Waals surface area (Å²) in [6.45, 7) is 0. The molecule has 0 atom stereocenters. The van der Waals surface area contributed by atoms with Gasteiger partial charge in [0.15, 0.2) is 0 Å². The van der Waals surface area contributed by atoms with Crippen LogP contribution in [0.2, 0.25) is 0 Å². The van der Waals surface area contributed by atoms with E-state index in [0.717, 1.165) is 66.1 Å². The maximum absolute atomic E-state index is 6.47. The Bertz CT molecular complexity index is 3580. The zero-order valence-corrected chi connectivity index (χ0v) is 37.1. The smallest absolute Gasteiger partial charge is 0.139 e. The van der Waals surface area contributed by atoms with Gasteiger partial charge in [-0.15, -0.1) is 0 Å². The summed E-state index contributed by atoms with van der Waals surface area (Å²) in [6, 6.07) is 91.5. The van der Waals surface area contributed by atoms with Crippen LogP contribution in [0, 0.1) is 0 Å².